The van der Waals surface area contributed by atoms with Crippen LogP contribution in [0.2, 0.25) is 0 Å². The molecule has 0 saturated heterocycles. The van der Waals surface area contributed by atoms with E-state index in [0.29, 0.717) is 21.7 Å². The fraction of sp³-hybridized carbons (Fsp3) is 0.500. The Bertz CT molecular complexity index is 284. The quantitative estimate of drug-likeness (QED) is 0.0911. The molecule has 0 aliphatic carbocycles. The van der Waals surface area contributed by atoms with Crippen LogP contribution in [0.15, 0.2) is 0 Å². The minimum absolute atomic E-state index is 0. The third-order valence-corrected chi connectivity index (χ3v) is 1.28. The van der Waals surface area contributed by atoms with Crippen molar-refractivity contribution >= 4 is 68.7 Å². The van der Waals surface area contributed by atoms with Crippen molar-refractivity contribution < 1.29 is 47.1 Å². The Kier molecular flexibility index (Phi) is 18.0. The van der Waals surface area contributed by atoms with Crippen molar-refractivity contribution in [3.05, 3.63) is 0 Å². The first-order valence-electron chi connectivity index (χ1n) is 3.25. The molecule has 0 aromatic carbocycles. The SMILES string of the molecule is O=S(=O)([O-])O.S=C(S)NCCNC(=S)S.[Na+]. The molecule has 16 heavy (non-hydrogen) atoms. The van der Waals surface area contributed by atoms with E-state index in [4.69, 9.17) is 17.5 Å². The molecule has 0 saturated carbocycles. The van der Waals surface area contributed by atoms with Gasteiger partial charge in [0, 0.05) is 13.1 Å². The molecule has 0 aromatic heterocycles. The van der Waals surface area contributed by atoms with Gasteiger partial charge >= 0.3 is 29.6 Å². The molecule has 0 heterocycles. The van der Waals surface area contributed by atoms with Gasteiger partial charge in [0.15, 0.2) is 0 Å². The van der Waals surface area contributed by atoms with Crippen LogP contribution in [0.5, 0.6) is 0 Å². The molecule has 0 aliphatic rings. The first-order chi connectivity index (χ1) is 6.63. The fourth-order valence-electron chi connectivity index (χ4n) is 0.339. The summed E-state index contributed by atoms with van der Waals surface area (Å²) in [4.78, 5) is 0. The van der Waals surface area contributed by atoms with Crippen LogP contribution in [0, 0.1) is 0 Å². The molecule has 0 radical (unpaired) electrons. The maximum Gasteiger partial charge on any atom is 1.00 e. The van der Waals surface area contributed by atoms with Crippen LogP contribution in [0.4, 0.5) is 0 Å². The van der Waals surface area contributed by atoms with Gasteiger partial charge in [0.1, 0.15) is 8.64 Å². The van der Waals surface area contributed by atoms with Crippen LogP contribution in [0.25, 0.3) is 0 Å². The summed E-state index contributed by atoms with van der Waals surface area (Å²) >= 11 is 17.0. The molecule has 12 heteroatoms. The summed E-state index contributed by atoms with van der Waals surface area (Å²) in [6.07, 6.45) is 0. The summed E-state index contributed by atoms with van der Waals surface area (Å²) < 4.78 is 33.8. The van der Waals surface area contributed by atoms with Gasteiger partial charge in [-0.3, -0.25) is 4.55 Å². The standard InChI is InChI=1S/C4H8N2S4.Na.H2O4S/c7-3(8)5-1-2-6-4(9)10;;1-5(2,3)4/h1-2H2,(H2,5,7,8)(H2,6,9,10);;(H2,1,2,3,4)/q;+1;/p-1. The van der Waals surface area contributed by atoms with Crippen LogP contribution in [0.3, 0.4) is 0 Å². The van der Waals surface area contributed by atoms with E-state index in [-0.39, 0.29) is 29.6 Å². The average Bonchev–Trinajstić information content (AvgIpc) is 1.94. The number of rotatable bonds is 3. The summed E-state index contributed by atoms with van der Waals surface area (Å²) in [5.74, 6) is 0. The minimum Gasteiger partial charge on any atom is -0.726 e. The smallest absolute Gasteiger partial charge is 0.726 e. The van der Waals surface area contributed by atoms with E-state index < -0.39 is 10.4 Å². The van der Waals surface area contributed by atoms with Crippen LogP contribution in [0.1, 0.15) is 0 Å². The van der Waals surface area contributed by atoms with Gasteiger partial charge < -0.3 is 15.2 Å². The zero-order valence-corrected chi connectivity index (χ0v) is 14.4. The van der Waals surface area contributed by atoms with Crippen LogP contribution in [-0.4, -0.2) is 39.3 Å². The molecule has 0 bridgehead atoms. The predicted octanol–water partition coefficient (Wildman–Crippen LogP) is -3.40. The van der Waals surface area contributed by atoms with E-state index in [1.165, 1.54) is 0 Å². The van der Waals surface area contributed by atoms with Crippen LogP contribution >= 0.6 is 49.7 Å². The van der Waals surface area contributed by atoms with E-state index in [9.17, 15) is 0 Å². The molecule has 3 N–H and O–H groups in total. The third kappa shape index (κ3) is 45.3. The number of nitrogens with one attached hydrogen (secondary N) is 2. The summed E-state index contributed by atoms with van der Waals surface area (Å²) in [5, 5.41) is 5.68. The Balaban J connectivity index is -0.000000242. The molecular weight excluding hydrogens is 323 g/mol. The Morgan fingerprint density at radius 3 is 1.50 bits per heavy atom. The van der Waals surface area contributed by atoms with Crippen molar-refractivity contribution in [3.63, 3.8) is 0 Å². The van der Waals surface area contributed by atoms with Gasteiger partial charge in [-0.1, -0.05) is 24.4 Å². The molecule has 0 aliphatic heterocycles. The number of hydrogen-bond acceptors (Lipinski definition) is 5. The van der Waals surface area contributed by atoms with Crippen LogP contribution in [-0.2, 0) is 10.4 Å². The van der Waals surface area contributed by atoms with Gasteiger partial charge in [-0.25, -0.2) is 8.42 Å². The second kappa shape index (κ2) is 12.8. The Morgan fingerprint density at radius 2 is 1.38 bits per heavy atom. The van der Waals surface area contributed by atoms with Crippen molar-refractivity contribution in [1.29, 1.82) is 0 Å². The maximum absolute atomic E-state index is 8.63. The molecule has 0 spiro atoms. The molecule has 0 unspecified atom stereocenters. The van der Waals surface area contributed by atoms with Gasteiger partial charge in [-0.2, -0.15) is 0 Å². The topological polar surface area (TPSA) is 101 Å². The Morgan fingerprint density at radius 1 is 1.19 bits per heavy atom. The zero-order chi connectivity index (χ0) is 12.5. The summed E-state index contributed by atoms with van der Waals surface area (Å²) in [6.45, 7) is 1.42. The van der Waals surface area contributed by atoms with Crippen molar-refractivity contribution in [3.8, 4) is 0 Å². The molecule has 0 fully saturated rings. The normalized spacial score (nSPS) is 9.00. The number of thiol groups is 2. The maximum atomic E-state index is 8.63. The monoisotopic (exact) mass is 332 g/mol. The molecule has 0 atom stereocenters. The van der Waals surface area contributed by atoms with Crippen molar-refractivity contribution in [1.82, 2.24) is 10.6 Å². The molecule has 0 rings (SSSR count). The molecular formula is C4H9N2NaO4S5. The Labute approximate surface area is 138 Å². The molecule has 0 amide bonds. The summed E-state index contributed by atoms with van der Waals surface area (Å²) in [7, 11) is -4.92. The third-order valence-electron chi connectivity index (χ3n) is 0.677. The molecule has 0 aromatic rings. The van der Waals surface area contributed by atoms with E-state index in [2.05, 4.69) is 60.3 Å². The van der Waals surface area contributed by atoms with Gasteiger partial charge in [-0.05, 0) is 0 Å². The van der Waals surface area contributed by atoms with E-state index in [1.807, 2.05) is 0 Å². The number of thiocarbonyl (C=S) groups is 2. The average molecular weight is 332 g/mol. The Hall–Kier alpha value is 1.35. The van der Waals surface area contributed by atoms with E-state index >= 15 is 0 Å². The van der Waals surface area contributed by atoms with Gasteiger partial charge in [-0.15, -0.1) is 25.3 Å². The first-order valence-corrected chi connectivity index (χ1v) is 6.32. The van der Waals surface area contributed by atoms with Crippen LogP contribution < -0.4 is 40.2 Å². The first kappa shape index (κ1) is 22.5. The van der Waals surface area contributed by atoms with Crippen molar-refractivity contribution in [2.24, 2.45) is 0 Å². The minimum atomic E-state index is -4.92. The second-order valence-electron chi connectivity index (χ2n) is 1.89. The van der Waals surface area contributed by atoms with Crippen molar-refractivity contribution in [2.75, 3.05) is 13.1 Å². The molecule has 6 nitrogen and oxygen atoms in total. The zero-order valence-electron chi connectivity index (χ0n) is 8.21. The second-order valence-corrected chi connectivity index (χ2v) is 5.06. The fourth-order valence-corrected chi connectivity index (χ4v) is 0.767. The summed E-state index contributed by atoms with van der Waals surface area (Å²) in [6, 6.07) is 0. The molecule has 90 valence electrons. The van der Waals surface area contributed by atoms with Crippen molar-refractivity contribution in [2.45, 2.75) is 0 Å². The number of hydrogen-bond donors (Lipinski definition) is 5. The predicted molar refractivity (Wildman–Crippen MR) is 71.5 cm³/mol. The van der Waals surface area contributed by atoms with E-state index in [0.717, 1.165) is 0 Å². The summed E-state index contributed by atoms with van der Waals surface area (Å²) in [5.41, 5.74) is 0. The largest absolute Gasteiger partial charge is 1.00 e. The van der Waals surface area contributed by atoms with Gasteiger partial charge in [0.25, 0.3) is 0 Å². The van der Waals surface area contributed by atoms with Gasteiger partial charge in [0.2, 0.25) is 10.4 Å². The van der Waals surface area contributed by atoms with Gasteiger partial charge in [0.05, 0.1) is 0 Å². The van der Waals surface area contributed by atoms with E-state index in [1.54, 1.807) is 0 Å².